The minimum absolute atomic E-state index is 0.241. The standard InChI is InChI=1S/C22H25N3O3/c26-16-17-8-13-28-21-14-19(6-7-20(17)21)27-12-3-4-18-15-23-10-11-25(18)22-5-1-2-9-24-22/h1-2,5-9,13-14,16-18,23H,3-4,10-12,15H2. The number of pyridine rings is 1. The Bertz CT molecular complexity index is 825. The summed E-state index contributed by atoms with van der Waals surface area (Å²) in [6.07, 6.45) is 8.06. The average molecular weight is 379 g/mol. The second kappa shape index (κ2) is 8.89. The number of aromatic nitrogens is 1. The van der Waals surface area contributed by atoms with Gasteiger partial charge >= 0.3 is 0 Å². The number of piperazine rings is 1. The maximum atomic E-state index is 11.1. The average Bonchev–Trinajstić information content (AvgIpc) is 2.77. The number of hydrogen-bond donors (Lipinski definition) is 1. The highest BCUT2D eigenvalue weighted by molar-refractivity contribution is 5.68. The van der Waals surface area contributed by atoms with Gasteiger partial charge in [0.1, 0.15) is 23.6 Å². The van der Waals surface area contributed by atoms with Gasteiger partial charge in [0.05, 0.1) is 18.8 Å². The van der Waals surface area contributed by atoms with Crippen LogP contribution < -0.4 is 19.7 Å². The van der Waals surface area contributed by atoms with Crippen molar-refractivity contribution in [2.75, 3.05) is 31.1 Å². The van der Waals surface area contributed by atoms with Gasteiger partial charge in [-0.3, -0.25) is 0 Å². The number of allylic oxidation sites excluding steroid dienone is 1. The van der Waals surface area contributed by atoms with Crippen molar-refractivity contribution in [3.8, 4) is 11.5 Å². The topological polar surface area (TPSA) is 63.7 Å². The van der Waals surface area contributed by atoms with Crippen molar-refractivity contribution in [2.24, 2.45) is 0 Å². The normalized spacial score (nSPS) is 20.9. The molecule has 28 heavy (non-hydrogen) atoms. The summed E-state index contributed by atoms with van der Waals surface area (Å²) in [5.74, 6) is 2.26. The summed E-state index contributed by atoms with van der Waals surface area (Å²) in [6, 6.07) is 12.1. The lowest BCUT2D eigenvalue weighted by Gasteiger charge is -2.37. The first-order chi connectivity index (χ1) is 13.8. The second-order valence-electron chi connectivity index (χ2n) is 7.04. The fraction of sp³-hybridized carbons (Fsp3) is 0.364. The van der Waals surface area contributed by atoms with Gasteiger partial charge in [-0.25, -0.2) is 4.98 Å². The number of nitrogens with one attached hydrogen (secondary N) is 1. The van der Waals surface area contributed by atoms with Crippen molar-refractivity contribution in [1.82, 2.24) is 10.3 Å². The molecule has 1 saturated heterocycles. The molecular weight excluding hydrogens is 354 g/mol. The third-order valence-corrected chi connectivity index (χ3v) is 5.22. The highest BCUT2D eigenvalue weighted by Gasteiger charge is 2.23. The van der Waals surface area contributed by atoms with Crippen molar-refractivity contribution in [1.29, 1.82) is 0 Å². The number of ether oxygens (including phenoxy) is 2. The quantitative estimate of drug-likeness (QED) is 0.590. The summed E-state index contributed by atoms with van der Waals surface area (Å²) >= 11 is 0. The zero-order valence-corrected chi connectivity index (χ0v) is 15.8. The Kier molecular flexibility index (Phi) is 5.87. The number of carbonyl (C=O) groups excluding carboxylic acids is 1. The molecule has 0 saturated carbocycles. The molecule has 0 amide bonds. The highest BCUT2D eigenvalue weighted by Crippen LogP contribution is 2.33. The first-order valence-electron chi connectivity index (χ1n) is 9.79. The van der Waals surface area contributed by atoms with Crippen LogP contribution >= 0.6 is 0 Å². The van der Waals surface area contributed by atoms with Crippen LogP contribution in [0.4, 0.5) is 5.82 Å². The molecule has 0 aliphatic carbocycles. The molecule has 0 radical (unpaired) electrons. The van der Waals surface area contributed by atoms with Crippen LogP contribution in [-0.2, 0) is 4.79 Å². The van der Waals surface area contributed by atoms with Crippen LogP contribution in [0.25, 0.3) is 0 Å². The van der Waals surface area contributed by atoms with E-state index in [0.717, 1.165) is 55.9 Å². The largest absolute Gasteiger partial charge is 0.493 e. The molecule has 1 fully saturated rings. The number of rotatable bonds is 7. The van der Waals surface area contributed by atoms with E-state index < -0.39 is 0 Å². The number of hydrogen-bond acceptors (Lipinski definition) is 6. The van der Waals surface area contributed by atoms with Crippen LogP contribution in [-0.4, -0.2) is 43.6 Å². The molecule has 1 N–H and O–H groups in total. The molecule has 1 aromatic heterocycles. The van der Waals surface area contributed by atoms with Gasteiger partial charge in [-0.05, 0) is 37.1 Å². The van der Waals surface area contributed by atoms with E-state index in [2.05, 4.69) is 21.3 Å². The molecule has 2 aromatic rings. The third kappa shape index (κ3) is 4.17. The van der Waals surface area contributed by atoms with E-state index in [1.807, 2.05) is 36.5 Å². The van der Waals surface area contributed by atoms with Gasteiger partial charge in [0, 0.05) is 43.5 Å². The van der Waals surface area contributed by atoms with Crippen molar-refractivity contribution in [2.45, 2.75) is 24.8 Å². The molecular formula is C22H25N3O3. The summed E-state index contributed by atoms with van der Waals surface area (Å²) in [4.78, 5) is 18.0. The Morgan fingerprint density at radius 3 is 3.14 bits per heavy atom. The molecule has 3 heterocycles. The van der Waals surface area contributed by atoms with Crippen LogP contribution in [0, 0.1) is 0 Å². The number of nitrogens with zero attached hydrogens (tertiary/aromatic N) is 2. The van der Waals surface area contributed by atoms with E-state index >= 15 is 0 Å². The molecule has 2 aliphatic heterocycles. The van der Waals surface area contributed by atoms with Crippen LogP contribution in [0.5, 0.6) is 11.5 Å². The minimum atomic E-state index is -0.241. The second-order valence-corrected chi connectivity index (χ2v) is 7.04. The van der Waals surface area contributed by atoms with E-state index in [0.29, 0.717) is 18.4 Å². The van der Waals surface area contributed by atoms with E-state index in [4.69, 9.17) is 9.47 Å². The number of carbonyl (C=O) groups is 1. The monoisotopic (exact) mass is 379 g/mol. The number of fused-ring (bicyclic) bond motifs is 1. The Morgan fingerprint density at radius 2 is 2.29 bits per heavy atom. The number of benzene rings is 1. The van der Waals surface area contributed by atoms with Crippen LogP contribution in [0.15, 0.2) is 54.9 Å². The molecule has 0 spiro atoms. The van der Waals surface area contributed by atoms with Crippen molar-refractivity contribution >= 4 is 12.1 Å². The molecule has 6 nitrogen and oxygen atoms in total. The van der Waals surface area contributed by atoms with E-state index in [1.165, 1.54) is 0 Å². The zero-order valence-electron chi connectivity index (χ0n) is 15.8. The SMILES string of the molecule is O=CC1C=COc2cc(OCCCC3CNCCN3c3ccccn3)ccc21. The molecule has 4 rings (SSSR count). The lowest BCUT2D eigenvalue weighted by atomic mass is 9.98. The van der Waals surface area contributed by atoms with Gasteiger partial charge in [-0.2, -0.15) is 0 Å². The van der Waals surface area contributed by atoms with Crippen LogP contribution in [0.2, 0.25) is 0 Å². The summed E-state index contributed by atoms with van der Waals surface area (Å²) in [5, 5.41) is 3.48. The Morgan fingerprint density at radius 1 is 1.32 bits per heavy atom. The van der Waals surface area contributed by atoms with Crippen molar-refractivity contribution < 1.29 is 14.3 Å². The fourth-order valence-corrected chi connectivity index (χ4v) is 3.75. The summed E-state index contributed by atoms with van der Waals surface area (Å²) in [7, 11) is 0. The lowest BCUT2D eigenvalue weighted by molar-refractivity contribution is -0.108. The van der Waals surface area contributed by atoms with Crippen LogP contribution in [0.3, 0.4) is 0 Å². The van der Waals surface area contributed by atoms with E-state index in [-0.39, 0.29) is 5.92 Å². The summed E-state index contributed by atoms with van der Waals surface area (Å²) in [5.41, 5.74) is 0.879. The van der Waals surface area contributed by atoms with Crippen LogP contribution in [0.1, 0.15) is 24.3 Å². The van der Waals surface area contributed by atoms with Gasteiger partial charge in [0.15, 0.2) is 0 Å². The first-order valence-corrected chi connectivity index (χ1v) is 9.79. The Labute approximate surface area is 165 Å². The molecule has 2 unspecified atom stereocenters. The van der Waals surface area contributed by atoms with Crippen molar-refractivity contribution in [3.05, 3.63) is 60.5 Å². The molecule has 146 valence electrons. The summed E-state index contributed by atoms with van der Waals surface area (Å²) < 4.78 is 11.4. The number of aldehydes is 1. The van der Waals surface area contributed by atoms with Gasteiger partial charge in [-0.1, -0.05) is 12.1 Å². The highest BCUT2D eigenvalue weighted by atomic mass is 16.5. The van der Waals surface area contributed by atoms with Gasteiger partial charge in [-0.15, -0.1) is 0 Å². The molecule has 2 atom stereocenters. The Balaban J connectivity index is 1.30. The molecule has 1 aromatic carbocycles. The van der Waals surface area contributed by atoms with Crippen molar-refractivity contribution in [3.63, 3.8) is 0 Å². The third-order valence-electron chi connectivity index (χ3n) is 5.22. The maximum Gasteiger partial charge on any atom is 0.134 e. The van der Waals surface area contributed by atoms with E-state index in [9.17, 15) is 4.79 Å². The minimum Gasteiger partial charge on any atom is -0.493 e. The van der Waals surface area contributed by atoms with Gasteiger partial charge in [0.25, 0.3) is 0 Å². The predicted molar refractivity (Wildman–Crippen MR) is 108 cm³/mol. The molecule has 2 aliphatic rings. The fourth-order valence-electron chi connectivity index (χ4n) is 3.75. The summed E-state index contributed by atoms with van der Waals surface area (Å²) in [6.45, 7) is 3.55. The molecule has 0 bridgehead atoms. The smallest absolute Gasteiger partial charge is 0.134 e. The predicted octanol–water partition coefficient (Wildman–Crippen LogP) is 2.91. The van der Waals surface area contributed by atoms with Gasteiger partial charge < -0.3 is 24.5 Å². The first kappa shape index (κ1) is 18.5. The van der Waals surface area contributed by atoms with E-state index in [1.54, 1.807) is 12.3 Å². The number of anilines is 1. The van der Waals surface area contributed by atoms with Gasteiger partial charge in [0.2, 0.25) is 0 Å². The maximum absolute atomic E-state index is 11.1. The zero-order chi connectivity index (χ0) is 19.2. The molecule has 6 heteroatoms. The lowest BCUT2D eigenvalue weighted by Crippen LogP contribution is -2.51. The Hall–Kier alpha value is -2.86.